The highest BCUT2D eigenvalue weighted by Gasteiger charge is 2.38. The van der Waals surface area contributed by atoms with E-state index in [0.29, 0.717) is 10.7 Å². The van der Waals surface area contributed by atoms with Gasteiger partial charge in [0.15, 0.2) is 6.04 Å². The molecule has 3 amide bonds. The van der Waals surface area contributed by atoms with Crippen molar-refractivity contribution in [3.63, 3.8) is 0 Å². The first-order chi connectivity index (χ1) is 14.7. The molecule has 0 radical (unpaired) electrons. The fraction of sp³-hybridized carbons (Fsp3) is 0.190. The van der Waals surface area contributed by atoms with Crippen LogP contribution in [-0.4, -0.2) is 45.6 Å². The van der Waals surface area contributed by atoms with Crippen molar-refractivity contribution in [1.29, 1.82) is 0 Å². The second-order valence-corrected chi connectivity index (χ2v) is 6.85. The molecule has 0 fully saturated rings. The highest BCUT2D eigenvalue weighted by atomic mass is 16.4. The fourth-order valence-electron chi connectivity index (χ4n) is 2.75. The zero-order valence-corrected chi connectivity index (χ0v) is 16.8. The zero-order chi connectivity index (χ0) is 22.5. The maximum absolute atomic E-state index is 12.5. The van der Waals surface area contributed by atoms with Crippen molar-refractivity contribution in [3.8, 4) is 0 Å². The summed E-state index contributed by atoms with van der Waals surface area (Å²) in [5.74, 6) is -3.22. The minimum atomic E-state index is -1.13. The first kappa shape index (κ1) is 21.5. The molecule has 3 rings (SSSR count). The van der Waals surface area contributed by atoms with Gasteiger partial charge in [-0.15, -0.1) is 0 Å². The maximum atomic E-state index is 12.5. The maximum Gasteiger partial charge on any atom is 0.335 e. The van der Waals surface area contributed by atoms with Crippen molar-refractivity contribution in [1.82, 2.24) is 5.01 Å². The third-order valence-electron chi connectivity index (χ3n) is 4.36. The number of hydrogen-bond donors (Lipinski definition) is 2. The van der Waals surface area contributed by atoms with Gasteiger partial charge in [0.05, 0.1) is 17.0 Å². The fourth-order valence-corrected chi connectivity index (χ4v) is 2.75. The lowest BCUT2D eigenvalue weighted by Gasteiger charge is -2.11. The van der Waals surface area contributed by atoms with Crippen LogP contribution in [0.25, 0.3) is 0 Å². The molecule has 158 valence electrons. The van der Waals surface area contributed by atoms with E-state index in [4.69, 9.17) is 5.11 Å². The Morgan fingerprint density at radius 2 is 1.84 bits per heavy atom. The highest BCUT2D eigenvalue weighted by molar-refractivity contribution is 6.18. The van der Waals surface area contributed by atoms with Gasteiger partial charge in [0.2, 0.25) is 5.91 Å². The Balaban J connectivity index is 1.63. The quantitative estimate of drug-likeness (QED) is 0.545. The average Bonchev–Trinajstić information content (AvgIpc) is 3.02. The topological polar surface area (TPSA) is 141 Å². The van der Waals surface area contributed by atoms with Crippen molar-refractivity contribution in [3.05, 3.63) is 59.7 Å². The third kappa shape index (κ3) is 5.24. The molecule has 2 N–H and O–H groups in total. The molecule has 1 atom stereocenters. The molecule has 0 aliphatic carbocycles. The number of amides is 3. The first-order valence-corrected chi connectivity index (χ1v) is 9.27. The lowest BCUT2D eigenvalue weighted by molar-refractivity contribution is -0.144. The summed E-state index contributed by atoms with van der Waals surface area (Å²) in [5, 5.41) is 23.9. The van der Waals surface area contributed by atoms with Crippen LogP contribution in [0.2, 0.25) is 0 Å². The van der Waals surface area contributed by atoms with E-state index >= 15 is 0 Å². The normalized spacial score (nSPS) is 15.8. The molecule has 10 heteroatoms. The van der Waals surface area contributed by atoms with E-state index in [1.807, 2.05) is 19.1 Å². The predicted molar refractivity (Wildman–Crippen MR) is 111 cm³/mol. The number of benzene rings is 2. The van der Waals surface area contributed by atoms with Crippen molar-refractivity contribution in [2.24, 2.45) is 15.3 Å². The van der Waals surface area contributed by atoms with Crippen molar-refractivity contribution in [2.45, 2.75) is 26.3 Å². The van der Waals surface area contributed by atoms with Crippen LogP contribution >= 0.6 is 0 Å². The number of carboxylic acid groups (broad SMARTS) is 1. The van der Waals surface area contributed by atoms with Gasteiger partial charge in [-0.3, -0.25) is 14.4 Å². The number of hydrogen-bond acceptors (Lipinski definition) is 7. The van der Waals surface area contributed by atoms with Crippen molar-refractivity contribution < 1.29 is 24.3 Å². The van der Waals surface area contributed by atoms with Gasteiger partial charge in [-0.2, -0.15) is 20.3 Å². The van der Waals surface area contributed by atoms with Gasteiger partial charge in [0, 0.05) is 5.69 Å². The minimum Gasteiger partial charge on any atom is -0.478 e. The van der Waals surface area contributed by atoms with Crippen molar-refractivity contribution >= 4 is 40.8 Å². The predicted octanol–water partition coefficient (Wildman–Crippen LogP) is 2.92. The number of carboxylic acids is 1. The first-order valence-electron chi connectivity index (χ1n) is 9.27. The number of aromatic carboxylic acids is 1. The smallest absolute Gasteiger partial charge is 0.335 e. The van der Waals surface area contributed by atoms with Crippen LogP contribution in [0, 0.1) is 6.92 Å². The molecular formula is C21H19N5O5. The van der Waals surface area contributed by atoms with Crippen LogP contribution in [0.5, 0.6) is 0 Å². The van der Waals surface area contributed by atoms with E-state index < -0.39 is 36.2 Å². The molecule has 1 aliphatic rings. The molecule has 31 heavy (non-hydrogen) atoms. The van der Waals surface area contributed by atoms with E-state index in [1.54, 1.807) is 12.1 Å². The Hall–Kier alpha value is -4.21. The molecule has 0 saturated carbocycles. The number of anilines is 1. The Bertz CT molecular complexity index is 1110. The van der Waals surface area contributed by atoms with Gasteiger partial charge in [-0.25, -0.2) is 4.79 Å². The number of carbonyl (C=O) groups excluding carboxylic acids is 3. The lowest BCUT2D eigenvalue weighted by Crippen LogP contribution is -2.36. The monoisotopic (exact) mass is 421 g/mol. The number of aryl methyl sites for hydroxylation is 1. The van der Waals surface area contributed by atoms with Gasteiger partial charge in [-0.1, -0.05) is 23.8 Å². The summed E-state index contributed by atoms with van der Waals surface area (Å²) < 4.78 is 0. The average molecular weight is 421 g/mol. The Morgan fingerprint density at radius 3 is 2.52 bits per heavy atom. The minimum absolute atomic E-state index is 0.0241. The van der Waals surface area contributed by atoms with Gasteiger partial charge in [0.25, 0.3) is 11.8 Å². The standard InChI is InChI=1S/C21H19N5O5/c1-12-6-8-15(9-7-12)22-17(27)11-18(28)26-20(29)19(13(2)25-26)24-23-16-5-3-4-14(10-16)21(30)31/h3-10,19H,11H2,1-2H3,(H,22,27)(H,30,31). The summed E-state index contributed by atoms with van der Waals surface area (Å²) >= 11 is 0. The molecule has 0 bridgehead atoms. The second-order valence-electron chi connectivity index (χ2n) is 6.85. The van der Waals surface area contributed by atoms with Crippen LogP contribution in [0.3, 0.4) is 0 Å². The van der Waals surface area contributed by atoms with Gasteiger partial charge < -0.3 is 10.4 Å². The number of azo groups is 1. The van der Waals surface area contributed by atoms with Crippen LogP contribution in [0.15, 0.2) is 63.9 Å². The number of nitrogens with zero attached hydrogens (tertiary/aromatic N) is 4. The largest absolute Gasteiger partial charge is 0.478 e. The summed E-state index contributed by atoms with van der Waals surface area (Å²) in [5.41, 5.74) is 2.05. The van der Waals surface area contributed by atoms with Gasteiger partial charge >= 0.3 is 5.97 Å². The summed E-state index contributed by atoms with van der Waals surface area (Å²) in [6, 6.07) is 11.6. The highest BCUT2D eigenvalue weighted by Crippen LogP contribution is 2.19. The summed E-state index contributed by atoms with van der Waals surface area (Å²) in [4.78, 5) is 48.1. The molecular weight excluding hydrogens is 402 g/mol. The zero-order valence-electron chi connectivity index (χ0n) is 16.8. The van der Waals surface area contributed by atoms with Gasteiger partial charge in [-0.05, 0) is 44.2 Å². The van der Waals surface area contributed by atoms with E-state index in [9.17, 15) is 19.2 Å². The molecule has 2 aromatic carbocycles. The number of hydrazone groups is 1. The van der Waals surface area contributed by atoms with Crippen LogP contribution < -0.4 is 5.32 Å². The Kier molecular flexibility index (Phi) is 6.29. The van der Waals surface area contributed by atoms with Crippen LogP contribution in [-0.2, 0) is 14.4 Å². The van der Waals surface area contributed by atoms with Crippen LogP contribution in [0.4, 0.5) is 11.4 Å². The second kappa shape index (κ2) is 9.08. The summed E-state index contributed by atoms with van der Waals surface area (Å²) in [6.45, 7) is 3.42. The number of rotatable bonds is 6. The van der Waals surface area contributed by atoms with E-state index in [2.05, 4.69) is 20.6 Å². The van der Waals surface area contributed by atoms with E-state index in [1.165, 1.54) is 31.2 Å². The number of imide groups is 1. The van der Waals surface area contributed by atoms with Gasteiger partial charge in [0.1, 0.15) is 6.42 Å². The lowest BCUT2D eigenvalue weighted by atomic mass is 10.2. The SMILES string of the molecule is CC1=NN(C(=O)CC(=O)Nc2ccc(C)cc2)C(=O)C1N=Nc1cccc(C(=O)O)c1. The van der Waals surface area contributed by atoms with E-state index in [-0.39, 0.29) is 17.0 Å². The molecule has 1 heterocycles. The Labute approximate surface area is 177 Å². The van der Waals surface area contributed by atoms with E-state index in [0.717, 1.165) is 5.56 Å². The summed E-state index contributed by atoms with van der Waals surface area (Å²) in [6.07, 6.45) is -0.569. The molecule has 1 unspecified atom stereocenters. The molecule has 2 aromatic rings. The van der Waals surface area contributed by atoms with Crippen LogP contribution in [0.1, 0.15) is 29.3 Å². The van der Waals surface area contributed by atoms with Crippen molar-refractivity contribution in [2.75, 3.05) is 5.32 Å². The summed E-state index contributed by atoms with van der Waals surface area (Å²) in [7, 11) is 0. The molecule has 0 aromatic heterocycles. The third-order valence-corrected chi connectivity index (χ3v) is 4.36. The number of nitrogens with one attached hydrogen (secondary N) is 1. The number of carbonyl (C=O) groups is 4. The molecule has 10 nitrogen and oxygen atoms in total. The molecule has 1 aliphatic heterocycles. The Morgan fingerprint density at radius 1 is 1.13 bits per heavy atom. The molecule has 0 spiro atoms. The molecule has 0 saturated heterocycles.